The molecule has 19 heavy (non-hydrogen) atoms. The molecule has 2 aromatic rings. The molecule has 100 valence electrons. The van der Waals surface area contributed by atoms with E-state index in [1.165, 1.54) is 24.6 Å². The van der Waals surface area contributed by atoms with Crippen molar-refractivity contribution in [3.05, 3.63) is 22.2 Å². The Balaban J connectivity index is 2.42. The fraction of sp³-hybridized carbons (Fsp3) is 0.300. The second kappa shape index (κ2) is 5.14. The van der Waals surface area contributed by atoms with Gasteiger partial charge in [-0.1, -0.05) is 12.2 Å². The van der Waals surface area contributed by atoms with Crippen LogP contribution in [0.25, 0.3) is 5.78 Å². The summed E-state index contributed by atoms with van der Waals surface area (Å²) in [7, 11) is 1.25. The second-order valence-corrected chi connectivity index (χ2v) is 3.98. The van der Waals surface area contributed by atoms with E-state index in [-0.39, 0.29) is 18.1 Å². The minimum Gasteiger partial charge on any atom is -0.464 e. The van der Waals surface area contributed by atoms with Gasteiger partial charge in [-0.3, -0.25) is 9.89 Å². The Morgan fingerprint density at radius 3 is 2.84 bits per heavy atom. The molecule has 2 rings (SSSR count). The summed E-state index contributed by atoms with van der Waals surface area (Å²) in [6.45, 7) is 1.27. The number of methoxy groups -OCH3 is 1. The number of fused-ring (bicyclic) bond motifs is 1. The lowest BCUT2D eigenvalue weighted by Gasteiger charge is -1.98. The number of aromatic amines is 1. The molecular formula is C10H10N4O4S. The molecule has 2 aromatic heterocycles. The van der Waals surface area contributed by atoms with Crippen LogP contribution in [-0.4, -0.2) is 38.6 Å². The number of esters is 2. The number of hydrogen-bond donors (Lipinski definition) is 1. The molecule has 0 saturated carbocycles. The fourth-order valence-electron chi connectivity index (χ4n) is 1.37. The summed E-state index contributed by atoms with van der Waals surface area (Å²) >= 11 is 5.09. The van der Waals surface area contributed by atoms with Crippen LogP contribution >= 0.6 is 12.2 Å². The summed E-state index contributed by atoms with van der Waals surface area (Å²) in [5.41, 5.74) is 0.0676. The number of aromatic nitrogens is 4. The van der Waals surface area contributed by atoms with Crippen molar-refractivity contribution < 1.29 is 19.1 Å². The Labute approximate surface area is 112 Å². The van der Waals surface area contributed by atoms with Crippen LogP contribution in [0.3, 0.4) is 0 Å². The maximum Gasteiger partial charge on any atom is 0.356 e. The lowest BCUT2D eigenvalue weighted by molar-refractivity contribution is -0.142. The molecule has 0 saturated heterocycles. The number of nitrogens with one attached hydrogen (secondary N) is 1. The molecule has 8 nitrogen and oxygen atoms in total. The highest BCUT2D eigenvalue weighted by Crippen LogP contribution is 2.05. The predicted octanol–water partition coefficient (Wildman–Crippen LogP) is 0.637. The van der Waals surface area contributed by atoms with Crippen LogP contribution in [0.5, 0.6) is 0 Å². The largest absolute Gasteiger partial charge is 0.464 e. The number of nitrogens with zero attached hydrogens (tertiary/aromatic N) is 3. The molecule has 0 unspecified atom stereocenters. The molecule has 2 heterocycles. The minimum atomic E-state index is -0.599. The molecule has 9 heteroatoms. The van der Waals surface area contributed by atoms with Gasteiger partial charge < -0.3 is 9.47 Å². The van der Waals surface area contributed by atoms with Crippen LogP contribution in [0, 0.1) is 4.64 Å². The van der Waals surface area contributed by atoms with Crippen molar-refractivity contribution in [1.82, 2.24) is 19.6 Å². The van der Waals surface area contributed by atoms with Crippen molar-refractivity contribution in [3.63, 3.8) is 0 Å². The van der Waals surface area contributed by atoms with Crippen molar-refractivity contribution >= 4 is 29.9 Å². The highest BCUT2D eigenvalue weighted by molar-refractivity contribution is 7.71. The zero-order chi connectivity index (χ0) is 14.0. The average Bonchev–Trinajstić information content (AvgIpc) is 2.79. The Bertz CT molecular complexity index is 705. The second-order valence-electron chi connectivity index (χ2n) is 3.56. The van der Waals surface area contributed by atoms with Crippen LogP contribution in [0.1, 0.15) is 23.2 Å². The van der Waals surface area contributed by atoms with Gasteiger partial charge in [0.1, 0.15) is 4.64 Å². The molecule has 0 aliphatic heterocycles. The summed E-state index contributed by atoms with van der Waals surface area (Å²) in [5, 5.41) is 2.81. The van der Waals surface area contributed by atoms with Gasteiger partial charge >= 0.3 is 11.9 Å². The molecule has 1 N–H and O–H groups in total. The van der Waals surface area contributed by atoms with Gasteiger partial charge in [-0.2, -0.15) is 4.98 Å². The molecule has 0 bridgehead atoms. The first-order valence-electron chi connectivity index (χ1n) is 5.21. The van der Waals surface area contributed by atoms with E-state index in [1.54, 1.807) is 0 Å². The van der Waals surface area contributed by atoms with E-state index in [4.69, 9.17) is 17.0 Å². The van der Waals surface area contributed by atoms with Crippen LogP contribution in [-0.2, 0) is 20.9 Å². The third-order valence-corrected chi connectivity index (χ3v) is 2.48. The Hall–Kier alpha value is -2.29. The van der Waals surface area contributed by atoms with Gasteiger partial charge in [0.05, 0.1) is 7.11 Å². The van der Waals surface area contributed by atoms with E-state index in [1.807, 2.05) is 0 Å². The molecule has 0 atom stereocenters. The fourth-order valence-corrected chi connectivity index (χ4v) is 1.61. The quantitative estimate of drug-likeness (QED) is 0.651. The summed E-state index contributed by atoms with van der Waals surface area (Å²) in [5.74, 6) is -0.448. The Morgan fingerprint density at radius 2 is 2.21 bits per heavy atom. The summed E-state index contributed by atoms with van der Waals surface area (Å²) in [6, 6.07) is 1.39. The van der Waals surface area contributed by atoms with Gasteiger partial charge in [0.25, 0.3) is 5.78 Å². The van der Waals surface area contributed by atoms with Gasteiger partial charge in [-0.25, -0.2) is 14.3 Å². The molecule has 0 fully saturated rings. The molecular weight excluding hydrogens is 272 g/mol. The number of ether oxygens (including phenoxy) is 2. The maximum absolute atomic E-state index is 11.4. The van der Waals surface area contributed by atoms with E-state index in [2.05, 4.69) is 19.8 Å². The monoisotopic (exact) mass is 282 g/mol. The topological polar surface area (TPSA) is 98.6 Å². The van der Waals surface area contributed by atoms with E-state index in [9.17, 15) is 9.59 Å². The van der Waals surface area contributed by atoms with E-state index in [0.29, 0.717) is 10.5 Å². The van der Waals surface area contributed by atoms with E-state index in [0.717, 1.165) is 0 Å². The van der Waals surface area contributed by atoms with E-state index < -0.39 is 11.9 Å². The number of rotatable bonds is 3. The molecule has 0 aromatic carbocycles. The van der Waals surface area contributed by atoms with Crippen molar-refractivity contribution in [3.8, 4) is 0 Å². The molecule has 0 radical (unpaired) electrons. The first-order chi connectivity index (χ1) is 9.01. The van der Waals surface area contributed by atoms with Gasteiger partial charge in [0, 0.05) is 13.0 Å². The number of H-pyrrole nitrogens is 1. The Kier molecular flexibility index (Phi) is 3.56. The van der Waals surface area contributed by atoms with Crippen molar-refractivity contribution in [2.45, 2.75) is 13.5 Å². The van der Waals surface area contributed by atoms with Crippen LogP contribution in [0.2, 0.25) is 0 Å². The third-order valence-electron chi connectivity index (χ3n) is 2.18. The number of carbonyl (C=O) groups excluding carboxylic acids is 2. The number of hydrogen-bond acceptors (Lipinski definition) is 7. The molecule has 0 spiro atoms. The summed E-state index contributed by atoms with van der Waals surface area (Å²) < 4.78 is 11.1. The van der Waals surface area contributed by atoms with Crippen LogP contribution < -0.4 is 0 Å². The average molecular weight is 282 g/mol. The van der Waals surface area contributed by atoms with Gasteiger partial charge in [-0.05, 0) is 0 Å². The maximum atomic E-state index is 11.4. The first-order valence-corrected chi connectivity index (χ1v) is 5.62. The summed E-state index contributed by atoms with van der Waals surface area (Å²) in [4.78, 5) is 30.2. The highest BCUT2D eigenvalue weighted by atomic mass is 32.1. The molecule has 0 aliphatic rings. The first kappa shape index (κ1) is 13.1. The predicted molar refractivity (Wildman–Crippen MR) is 65.0 cm³/mol. The van der Waals surface area contributed by atoms with E-state index >= 15 is 0 Å². The zero-order valence-corrected chi connectivity index (χ0v) is 11.0. The van der Waals surface area contributed by atoms with Crippen LogP contribution in [0.15, 0.2) is 6.07 Å². The zero-order valence-electron chi connectivity index (χ0n) is 10.2. The Morgan fingerprint density at radius 1 is 1.47 bits per heavy atom. The standard InChI is InChI=1S/C10H10N4O4S/c1-5(15)18-4-7-12-10-11-6(9(16)17-2)3-8(19)14(10)13-7/h3H,4H2,1-2H3,(H,11,12,13). The van der Waals surface area contributed by atoms with Crippen LogP contribution in [0.4, 0.5) is 0 Å². The molecule has 0 aliphatic carbocycles. The van der Waals surface area contributed by atoms with Gasteiger partial charge in [0.2, 0.25) is 0 Å². The third kappa shape index (κ3) is 2.76. The van der Waals surface area contributed by atoms with Crippen molar-refractivity contribution in [1.29, 1.82) is 0 Å². The smallest absolute Gasteiger partial charge is 0.356 e. The van der Waals surface area contributed by atoms with Crippen molar-refractivity contribution in [2.75, 3.05) is 7.11 Å². The lowest BCUT2D eigenvalue weighted by atomic mass is 10.4. The SMILES string of the molecule is COC(=O)c1cc(=S)n2[nH]c(COC(C)=O)nc2n1. The minimum absolute atomic E-state index is 0.0268. The summed E-state index contributed by atoms with van der Waals surface area (Å²) in [6.07, 6.45) is 0. The highest BCUT2D eigenvalue weighted by Gasteiger charge is 2.12. The lowest BCUT2D eigenvalue weighted by Crippen LogP contribution is -2.06. The van der Waals surface area contributed by atoms with Crippen molar-refractivity contribution in [2.24, 2.45) is 0 Å². The number of carbonyl (C=O) groups is 2. The normalized spacial score (nSPS) is 10.4. The van der Waals surface area contributed by atoms with Gasteiger partial charge in [0.15, 0.2) is 18.1 Å². The van der Waals surface area contributed by atoms with Gasteiger partial charge in [-0.15, -0.1) is 0 Å². The molecule has 0 amide bonds.